The molecular weight excluding hydrogens is 238 g/mol. The van der Waals surface area contributed by atoms with Gasteiger partial charge in [-0.25, -0.2) is 0 Å². The van der Waals surface area contributed by atoms with Crippen molar-refractivity contribution in [2.45, 2.75) is 31.8 Å². The third-order valence-corrected chi connectivity index (χ3v) is 3.29. The summed E-state index contributed by atoms with van der Waals surface area (Å²) < 4.78 is 5.45. The summed E-state index contributed by atoms with van der Waals surface area (Å²) in [7, 11) is 0. The third kappa shape index (κ3) is 4.55. The molecule has 2 atom stereocenters. The Morgan fingerprint density at radius 3 is 2.89 bits per heavy atom. The minimum Gasteiger partial charge on any atom is -0.383 e. The van der Waals surface area contributed by atoms with Crippen LogP contribution in [0.1, 0.15) is 18.9 Å². The van der Waals surface area contributed by atoms with Gasteiger partial charge in [-0.05, 0) is 31.0 Å². The van der Waals surface area contributed by atoms with Crippen LogP contribution in [0.5, 0.6) is 0 Å². The first-order chi connectivity index (χ1) is 9.28. The standard InChI is InChI=1S/C15H21N3O/c1-12(10-15-11-19-9-8-17-15)18-14-4-2-13(3-5-14)6-7-16/h2-5,12,15,17-18H,6,8-11H2,1H3. The van der Waals surface area contributed by atoms with Crippen LogP contribution in [0, 0.1) is 11.3 Å². The maximum absolute atomic E-state index is 8.63. The highest BCUT2D eigenvalue weighted by atomic mass is 16.5. The van der Waals surface area contributed by atoms with Crippen LogP contribution in [-0.4, -0.2) is 31.8 Å². The van der Waals surface area contributed by atoms with Crippen molar-refractivity contribution in [1.82, 2.24) is 5.32 Å². The van der Waals surface area contributed by atoms with Gasteiger partial charge in [0, 0.05) is 24.3 Å². The van der Waals surface area contributed by atoms with E-state index in [1.165, 1.54) is 0 Å². The largest absolute Gasteiger partial charge is 0.383 e. The fourth-order valence-corrected chi connectivity index (χ4v) is 2.35. The van der Waals surface area contributed by atoms with Crippen molar-refractivity contribution in [1.29, 1.82) is 5.26 Å². The van der Waals surface area contributed by atoms with Crippen LogP contribution in [-0.2, 0) is 11.2 Å². The quantitative estimate of drug-likeness (QED) is 0.848. The SMILES string of the molecule is CC(CC1COCCN1)Nc1ccc(CC#N)cc1. The summed E-state index contributed by atoms with van der Waals surface area (Å²) in [5.41, 5.74) is 2.16. The van der Waals surface area contributed by atoms with Crippen molar-refractivity contribution in [3.63, 3.8) is 0 Å². The zero-order valence-corrected chi connectivity index (χ0v) is 11.4. The second-order valence-electron chi connectivity index (χ2n) is 5.04. The molecule has 1 aromatic rings. The Kier molecular flexibility index (Phi) is 5.20. The fourth-order valence-electron chi connectivity index (χ4n) is 2.35. The van der Waals surface area contributed by atoms with Gasteiger partial charge in [0.15, 0.2) is 0 Å². The van der Waals surface area contributed by atoms with Gasteiger partial charge in [0.2, 0.25) is 0 Å². The van der Waals surface area contributed by atoms with E-state index in [4.69, 9.17) is 10.00 Å². The molecule has 2 unspecified atom stereocenters. The number of rotatable bonds is 5. The normalized spacial score (nSPS) is 20.5. The molecule has 0 amide bonds. The molecule has 102 valence electrons. The molecule has 2 rings (SSSR count). The summed E-state index contributed by atoms with van der Waals surface area (Å²) in [5.74, 6) is 0. The average Bonchev–Trinajstić information content (AvgIpc) is 2.42. The molecule has 1 heterocycles. The number of nitrogens with zero attached hydrogens (tertiary/aromatic N) is 1. The van der Waals surface area contributed by atoms with Crippen LogP contribution in [0.25, 0.3) is 0 Å². The first-order valence-electron chi connectivity index (χ1n) is 6.81. The van der Waals surface area contributed by atoms with E-state index in [2.05, 4.69) is 23.6 Å². The van der Waals surface area contributed by atoms with E-state index >= 15 is 0 Å². The van der Waals surface area contributed by atoms with Crippen LogP contribution in [0.4, 0.5) is 5.69 Å². The first-order valence-corrected chi connectivity index (χ1v) is 6.81. The van der Waals surface area contributed by atoms with Gasteiger partial charge < -0.3 is 15.4 Å². The minimum atomic E-state index is 0.390. The van der Waals surface area contributed by atoms with Crippen molar-refractivity contribution in [3.05, 3.63) is 29.8 Å². The lowest BCUT2D eigenvalue weighted by atomic mass is 10.1. The van der Waals surface area contributed by atoms with E-state index in [1.54, 1.807) is 0 Å². The topological polar surface area (TPSA) is 57.1 Å². The zero-order valence-electron chi connectivity index (χ0n) is 11.4. The Bertz CT molecular complexity index is 418. The number of ether oxygens (including phenoxy) is 1. The number of morpholine rings is 1. The molecule has 2 N–H and O–H groups in total. The van der Waals surface area contributed by atoms with Gasteiger partial charge in [-0.15, -0.1) is 0 Å². The maximum atomic E-state index is 8.63. The monoisotopic (exact) mass is 259 g/mol. The molecule has 1 aliphatic heterocycles. The molecular formula is C15H21N3O. The van der Waals surface area contributed by atoms with Gasteiger partial charge in [-0.3, -0.25) is 0 Å². The molecule has 0 spiro atoms. The zero-order chi connectivity index (χ0) is 13.5. The lowest BCUT2D eigenvalue weighted by Gasteiger charge is -2.27. The van der Waals surface area contributed by atoms with E-state index < -0.39 is 0 Å². The summed E-state index contributed by atoms with van der Waals surface area (Å²) in [5, 5.41) is 15.6. The highest BCUT2D eigenvalue weighted by Gasteiger charge is 2.15. The number of nitrogens with one attached hydrogen (secondary N) is 2. The van der Waals surface area contributed by atoms with Crippen LogP contribution < -0.4 is 10.6 Å². The Morgan fingerprint density at radius 2 is 2.26 bits per heavy atom. The number of anilines is 1. The molecule has 0 aliphatic carbocycles. The molecule has 1 aliphatic rings. The number of nitriles is 1. The van der Waals surface area contributed by atoms with E-state index in [0.717, 1.165) is 37.4 Å². The second-order valence-corrected chi connectivity index (χ2v) is 5.04. The maximum Gasteiger partial charge on any atom is 0.0669 e. The minimum absolute atomic E-state index is 0.390. The molecule has 4 heteroatoms. The van der Waals surface area contributed by atoms with Gasteiger partial charge in [0.1, 0.15) is 0 Å². The Morgan fingerprint density at radius 1 is 1.47 bits per heavy atom. The highest BCUT2D eigenvalue weighted by molar-refractivity contribution is 5.45. The molecule has 0 radical (unpaired) electrons. The molecule has 19 heavy (non-hydrogen) atoms. The number of hydrogen-bond donors (Lipinski definition) is 2. The van der Waals surface area contributed by atoms with Crippen LogP contribution >= 0.6 is 0 Å². The van der Waals surface area contributed by atoms with Crippen LogP contribution in [0.2, 0.25) is 0 Å². The van der Waals surface area contributed by atoms with E-state index in [-0.39, 0.29) is 0 Å². The van der Waals surface area contributed by atoms with E-state index in [9.17, 15) is 0 Å². The third-order valence-electron chi connectivity index (χ3n) is 3.29. The van der Waals surface area contributed by atoms with Crippen molar-refractivity contribution in [2.75, 3.05) is 25.1 Å². The van der Waals surface area contributed by atoms with Crippen LogP contribution in [0.15, 0.2) is 24.3 Å². The molecule has 4 nitrogen and oxygen atoms in total. The van der Waals surface area contributed by atoms with E-state index in [1.807, 2.05) is 24.3 Å². The molecule has 0 aromatic heterocycles. The van der Waals surface area contributed by atoms with Gasteiger partial charge in [-0.1, -0.05) is 12.1 Å². The van der Waals surface area contributed by atoms with Crippen molar-refractivity contribution in [2.24, 2.45) is 0 Å². The van der Waals surface area contributed by atoms with E-state index in [0.29, 0.717) is 18.5 Å². The van der Waals surface area contributed by atoms with Crippen molar-refractivity contribution >= 4 is 5.69 Å². The van der Waals surface area contributed by atoms with Gasteiger partial charge >= 0.3 is 0 Å². The first kappa shape index (κ1) is 13.9. The lowest BCUT2D eigenvalue weighted by Crippen LogP contribution is -2.43. The van der Waals surface area contributed by atoms with Crippen molar-refractivity contribution in [3.8, 4) is 6.07 Å². The molecule has 1 fully saturated rings. The number of hydrogen-bond acceptors (Lipinski definition) is 4. The molecule has 1 aromatic carbocycles. The lowest BCUT2D eigenvalue weighted by molar-refractivity contribution is 0.0731. The summed E-state index contributed by atoms with van der Waals surface area (Å²) in [6.07, 6.45) is 1.51. The van der Waals surface area contributed by atoms with Crippen molar-refractivity contribution < 1.29 is 4.74 Å². The molecule has 0 bridgehead atoms. The predicted molar refractivity (Wildman–Crippen MR) is 76.1 cm³/mol. The summed E-state index contributed by atoms with van der Waals surface area (Å²) in [6.45, 7) is 4.74. The van der Waals surface area contributed by atoms with Gasteiger partial charge in [-0.2, -0.15) is 5.26 Å². The molecule has 0 saturated carbocycles. The second kappa shape index (κ2) is 7.13. The smallest absolute Gasteiger partial charge is 0.0669 e. The Balaban J connectivity index is 1.80. The number of benzene rings is 1. The molecule has 1 saturated heterocycles. The van der Waals surface area contributed by atoms with Crippen LogP contribution in [0.3, 0.4) is 0 Å². The Hall–Kier alpha value is -1.57. The van der Waals surface area contributed by atoms with Gasteiger partial charge in [0.05, 0.1) is 25.7 Å². The summed E-state index contributed by atoms with van der Waals surface area (Å²) in [6, 6.07) is 11.1. The Labute approximate surface area is 114 Å². The highest BCUT2D eigenvalue weighted by Crippen LogP contribution is 2.13. The van der Waals surface area contributed by atoms with Gasteiger partial charge in [0.25, 0.3) is 0 Å². The average molecular weight is 259 g/mol. The summed E-state index contributed by atoms with van der Waals surface area (Å²) in [4.78, 5) is 0. The fraction of sp³-hybridized carbons (Fsp3) is 0.533. The predicted octanol–water partition coefficient (Wildman–Crippen LogP) is 1.93. The summed E-state index contributed by atoms with van der Waals surface area (Å²) >= 11 is 0.